The standard InChI is InChI=1S/C7H12O16Si4/c1-8-24(16-6-18-26(10-3,19-6)20-6)12-5(13-24)14-25(9-2,15-5)17-7-21-27(11-4,22-7)23-7/h1-4H3. The molecule has 0 aromatic carbocycles. The van der Waals surface area contributed by atoms with Crippen molar-refractivity contribution < 1.29 is 70.8 Å². The van der Waals surface area contributed by atoms with E-state index in [9.17, 15) is 0 Å². The first-order valence-corrected chi connectivity index (χ1v) is 13.9. The van der Waals surface area contributed by atoms with E-state index in [1.807, 2.05) is 0 Å². The molecular weight excluding hydrogens is 452 g/mol. The van der Waals surface area contributed by atoms with Crippen LogP contribution in [0.4, 0.5) is 0 Å². The molecule has 8 aliphatic rings. The summed E-state index contributed by atoms with van der Waals surface area (Å²) in [7, 11) is -8.11. The van der Waals surface area contributed by atoms with Gasteiger partial charge in [0, 0.05) is 28.4 Å². The molecule has 0 saturated carbocycles. The van der Waals surface area contributed by atoms with Crippen LogP contribution in [0.15, 0.2) is 0 Å². The molecule has 8 saturated heterocycles. The van der Waals surface area contributed by atoms with E-state index in [-0.39, 0.29) is 0 Å². The van der Waals surface area contributed by atoms with E-state index in [4.69, 9.17) is 70.8 Å². The molecule has 0 atom stereocenters. The summed E-state index contributed by atoms with van der Waals surface area (Å²) in [6, 6.07) is 0. The highest BCUT2D eigenvalue weighted by atomic mass is 28.4. The molecule has 0 N–H and O–H groups in total. The average molecular weight is 465 g/mol. The summed E-state index contributed by atoms with van der Waals surface area (Å²) >= 11 is 0. The molecule has 0 aliphatic carbocycles. The Morgan fingerprint density at radius 1 is 0.481 bits per heavy atom. The van der Waals surface area contributed by atoms with Crippen molar-refractivity contribution in [1.29, 1.82) is 0 Å². The van der Waals surface area contributed by atoms with Crippen LogP contribution in [0, 0.1) is 0 Å². The van der Waals surface area contributed by atoms with Crippen molar-refractivity contribution in [3.05, 3.63) is 0 Å². The summed E-state index contributed by atoms with van der Waals surface area (Å²) in [5.41, 5.74) is 0. The largest absolute Gasteiger partial charge is 0.696 e. The zero-order valence-electron chi connectivity index (χ0n) is 14.0. The SMILES string of the molecule is CO[Si]12OC(O[Si]3(OC)OC4(O3)O[Si](OC)(OC35O[Si](OC)(O3)O5)O4)(O1)O2. The van der Waals surface area contributed by atoms with Gasteiger partial charge < -0.3 is 17.7 Å². The summed E-state index contributed by atoms with van der Waals surface area (Å²) in [4.78, 5) is 0. The Bertz CT molecular complexity index is 589. The van der Waals surface area contributed by atoms with Crippen LogP contribution in [-0.4, -0.2) is 83.1 Å². The van der Waals surface area contributed by atoms with Gasteiger partial charge in [-0.2, -0.15) is 0 Å². The third-order valence-electron chi connectivity index (χ3n) is 4.00. The molecule has 152 valence electrons. The molecule has 16 nitrogen and oxygen atoms in total. The quantitative estimate of drug-likeness (QED) is 0.346. The molecule has 1 spiro atoms. The minimum absolute atomic E-state index is 1.29. The van der Waals surface area contributed by atoms with Gasteiger partial charge in [0.1, 0.15) is 0 Å². The van der Waals surface area contributed by atoms with Gasteiger partial charge in [-0.05, 0) is 0 Å². The second-order valence-corrected chi connectivity index (χ2v) is 13.6. The maximum absolute atomic E-state index is 5.44. The van der Waals surface area contributed by atoms with Crippen molar-refractivity contribution in [2.75, 3.05) is 28.4 Å². The Kier molecular flexibility index (Phi) is 3.29. The minimum Gasteiger partial charge on any atom is -0.354 e. The van der Waals surface area contributed by atoms with E-state index in [2.05, 4.69) is 0 Å². The van der Waals surface area contributed by atoms with Crippen LogP contribution in [0.3, 0.4) is 0 Å². The van der Waals surface area contributed by atoms with Crippen molar-refractivity contribution in [3.63, 3.8) is 0 Å². The van der Waals surface area contributed by atoms with E-state index in [0.717, 1.165) is 0 Å². The monoisotopic (exact) mass is 464 g/mol. The van der Waals surface area contributed by atoms with Crippen molar-refractivity contribution in [2.45, 2.75) is 18.5 Å². The third kappa shape index (κ3) is 2.17. The van der Waals surface area contributed by atoms with Crippen LogP contribution >= 0.6 is 0 Å². The Hall–Kier alpha value is 0.228. The van der Waals surface area contributed by atoms with Crippen LogP contribution in [0.5, 0.6) is 0 Å². The van der Waals surface area contributed by atoms with Crippen LogP contribution < -0.4 is 0 Å². The zero-order valence-corrected chi connectivity index (χ0v) is 18.0. The fourth-order valence-corrected chi connectivity index (χ4v) is 9.32. The lowest BCUT2D eigenvalue weighted by Gasteiger charge is -2.65. The molecule has 8 aliphatic heterocycles. The Labute approximate surface area is 154 Å². The van der Waals surface area contributed by atoms with Crippen LogP contribution in [0.25, 0.3) is 0 Å². The topological polar surface area (TPSA) is 148 Å². The van der Waals surface area contributed by atoms with Crippen molar-refractivity contribution in [3.8, 4) is 0 Å². The highest BCUT2D eigenvalue weighted by Crippen LogP contribution is 2.59. The first kappa shape index (κ1) is 18.0. The van der Waals surface area contributed by atoms with Gasteiger partial charge in [-0.15, -0.1) is 0 Å². The molecule has 8 fully saturated rings. The summed E-state index contributed by atoms with van der Waals surface area (Å²) in [6.07, 6.45) is -5.49. The lowest BCUT2D eigenvalue weighted by atomic mass is 11.2. The van der Waals surface area contributed by atoms with Gasteiger partial charge in [-0.1, -0.05) is 0 Å². The van der Waals surface area contributed by atoms with E-state index < -0.39 is 54.7 Å². The van der Waals surface area contributed by atoms with Gasteiger partial charge in [-0.25, -0.2) is 0 Å². The van der Waals surface area contributed by atoms with Crippen LogP contribution in [-0.2, 0) is 70.8 Å². The van der Waals surface area contributed by atoms with Gasteiger partial charge in [0.05, 0.1) is 0 Å². The third-order valence-corrected chi connectivity index (χ3v) is 12.0. The lowest BCUT2D eigenvalue weighted by Crippen LogP contribution is -2.93. The maximum atomic E-state index is 5.44. The normalized spacial score (nSPS) is 61.8. The maximum Gasteiger partial charge on any atom is 0.696 e. The molecular formula is C7H12O16Si4. The predicted octanol–water partition coefficient (Wildman–Crippen LogP) is -2.57. The summed E-state index contributed by atoms with van der Waals surface area (Å²) in [5, 5.41) is 0. The van der Waals surface area contributed by atoms with Crippen molar-refractivity contribution in [1.82, 2.24) is 0 Å². The van der Waals surface area contributed by atoms with Crippen molar-refractivity contribution in [2.24, 2.45) is 0 Å². The Balaban J connectivity index is 1.06. The van der Waals surface area contributed by atoms with Gasteiger partial charge in [-0.3, -0.25) is 53.1 Å². The molecule has 27 heavy (non-hydrogen) atoms. The summed E-state index contributed by atoms with van der Waals surface area (Å²) < 4.78 is 84.1. The molecule has 4 bridgehead atoms. The average Bonchev–Trinajstić information content (AvgIpc) is 2.45. The number of rotatable bonds is 8. The predicted molar refractivity (Wildman–Crippen MR) is 72.3 cm³/mol. The molecule has 0 amide bonds. The zero-order chi connectivity index (χ0) is 18.8. The minimum atomic E-state index is -3.73. The first-order valence-electron chi connectivity index (χ1n) is 7.35. The fourth-order valence-electron chi connectivity index (χ4n) is 2.69. The number of hydrogen-bond acceptors (Lipinski definition) is 16. The van der Waals surface area contributed by atoms with Gasteiger partial charge >= 0.3 is 54.7 Å². The molecule has 0 radical (unpaired) electrons. The second-order valence-electron chi connectivity index (χ2n) is 5.54. The number of hydrogen-bond donors (Lipinski definition) is 0. The highest BCUT2D eigenvalue weighted by Gasteiger charge is 2.93. The van der Waals surface area contributed by atoms with Crippen LogP contribution in [0.2, 0.25) is 0 Å². The lowest BCUT2D eigenvalue weighted by molar-refractivity contribution is -0.628. The Morgan fingerprint density at radius 3 is 1.07 bits per heavy atom. The smallest absolute Gasteiger partial charge is 0.354 e. The molecule has 8 rings (SSSR count). The van der Waals surface area contributed by atoms with Gasteiger partial charge in [0.15, 0.2) is 0 Å². The molecule has 0 unspecified atom stereocenters. The molecule has 8 heterocycles. The van der Waals surface area contributed by atoms with Crippen LogP contribution in [0.1, 0.15) is 0 Å². The molecule has 20 heteroatoms. The van der Waals surface area contributed by atoms with Crippen molar-refractivity contribution >= 4 is 36.2 Å². The summed E-state index contributed by atoms with van der Waals surface area (Å²) in [6.45, 7) is 0. The fraction of sp³-hybridized carbons (Fsp3) is 1.00. The van der Waals surface area contributed by atoms with Gasteiger partial charge in [0.25, 0.3) is 0 Å². The first-order chi connectivity index (χ1) is 12.7. The Morgan fingerprint density at radius 2 is 0.815 bits per heavy atom. The highest BCUT2D eigenvalue weighted by molar-refractivity contribution is 6.62. The summed E-state index contributed by atoms with van der Waals surface area (Å²) in [5.74, 6) is 0. The van der Waals surface area contributed by atoms with E-state index in [1.54, 1.807) is 0 Å². The van der Waals surface area contributed by atoms with Gasteiger partial charge in [0.2, 0.25) is 0 Å². The van der Waals surface area contributed by atoms with E-state index >= 15 is 0 Å². The molecule has 0 aromatic heterocycles. The van der Waals surface area contributed by atoms with E-state index in [1.165, 1.54) is 28.4 Å². The molecule has 0 aromatic rings. The second kappa shape index (κ2) is 4.92. The van der Waals surface area contributed by atoms with E-state index in [0.29, 0.717) is 0 Å².